The molecule has 0 radical (unpaired) electrons. The Morgan fingerprint density at radius 1 is 1.11 bits per heavy atom. The molecule has 0 unspecified atom stereocenters. The van der Waals surface area contributed by atoms with Gasteiger partial charge >= 0.3 is 11.4 Å². The monoisotopic (exact) mass is 493 g/mol. The van der Waals surface area contributed by atoms with Crippen molar-refractivity contribution in [1.29, 1.82) is 0 Å². The van der Waals surface area contributed by atoms with Gasteiger partial charge in [-0.1, -0.05) is 23.7 Å². The van der Waals surface area contributed by atoms with Crippen molar-refractivity contribution in [1.82, 2.24) is 39.3 Å². The zero-order valence-electron chi connectivity index (χ0n) is 18.8. The minimum absolute atomic E-state index is 0.0531. The number of benzene rings is 2. The zero-order valence-corrected chi connectivity index (χ0v) is 19.5. The summed E-state index contributed by atoms with van der Waals surface area (Å²) < 4.78 is 9.25. The standard InChI is InChI=1S/C22H20ClN9O3/c1-30-11-14-7-19(17(23)8-18(14)28-30)25-20-26-21(33)32(12-15-9-24-29-27-15)22(34)31(20)10-13-3-5-16(35-2)6-4-13/h3-9,11H,10,12H2,1-2H3,(H,24,27,29)(H,25,26,33). The highest BCUT2D eigenvalue weighted by atomic mass is 35.5. The molecular weight excluding hydrogens is 474 g/mol. The SMILES string of the molecule is COc1ccc(Cn2c(Nc3cc4cn(C)nc4cc3Cl)nc(=O)n(Cc3cn[nH]n3)c2=O)cc1. The van der Waals surface area contributed by atoms with E-state index in [9.17, 15) is 9.59 Å². The van der Waals surface area contributed by atoms with Gasteiger partial charge in [0.05, 0.1) is 42.6 Å². The van der Waals surface area contributed by atoms with Crippen LogP contribution < -0.4 is 21.4 Å². The number of hydrogen-bond donors (Lipinski definition) is 2. The Bertz CT molecular complexity index is 1620. The molecule has 0 aliphatic heterocycles. The van der Waals surface area contributed by atoms with Crippen LogP contribution in [0.25, 0.3) is 10.9 Å². The molecule has 0 saturated carbocycles. The van der Waals surface area contributed by atoms with Gasteiger partial charge in [0.25, 0.3) is 0 Å². The molecule has 5 aromatic rings. The summed E-state index contributed by atoms with van der Waals surface area (Å²) in [5.41, 5.74) is 1.13. The maximum Gasteiger partial charge on any atom is 0.355 e. The van der Waals surface area contributed by atoms with E-state index in [1.54, 1.807) is 36.1 Å². The first-order valence-electron chi connectivity index (χ1n) is 10.5. The maximum atomic E-state index is 13.5. The number of fused-ring (bicyclic) bond motifs is 1. The molecule has 5 rings (SSSR count). The molecule has 0 aliphatic rings. The number of halogens is 1. The number of anilines is 2. The predicted octanol–water partition coefficient (Wildman–Crippen LogP) is 1.91. The van der Waals surface area contributed by atoms with Crippen molar-refractivity contribution >= 4 is 34.1 Å². The maximum absolute atomic E-state index is 13.5. The molecule has 0 bridgehead atoms. The third-order valence-electron chi connectivity index (χ3n) is 5.39. The molecule has 2 N–H and O–H groups in total. The smallest absolute Gasteiger partial charge is 0.355 e. The fourth-order valence-corrected chi connectivity index (χ4v) is 3.87. The van der Waals surface area contributed by atoms with Crippen LogP contribution in [-0.2, 0) is 20.1 Å². The average Bonchev–Trinajstić information content (AvgIpc) is 3.48. The minimum atomic E-state index is -0.731. The zero-order chi connectivity index (χ0) is 24.5. The third-order valence-corrected chi connectivity index (χ3v) is 5.70. The van der Waals surface area contributed by atoms with Crippen LogP contribution in [-0.4, -0.2) is 46.4 Å². The number of rotatable bonds is 7. The quantitative estimate of drug-likeness (QED) is 0.350. The Morgan fingerprint density at radius 3 is 2.63 bits per heavy atom. The highest BCUT2D eigenvalue weighted by Gasteiger charge is 2.17. The summed E-state index contributed by atoms with van der Waals surface area (Å²) in [7, 11) is 3.39. The second-order valence-electron chi connectivity index (χ2n) is 7.80. The largest absolute Gasteiger partial charge is 0.497 e. The number of nitrogens with zero attached hydrogens (tertiary/aromatic N) is 7. The lowest BCUT2D eigenvalue weighted by atomic mass is 10.2. The Kier molecular flexibility index (Phi) is 5.79. The lowest BCUT2D eigenvalue weighted by molar-refractivity contribution is 0.414. The summed E-state index contributed by atoms with van der Waals surface area (Å²) >= 11 is 6.47. The number of aryl methyl sites for hydroxylation is 1. The second kappa shape index (κ2) is 9.06. The van der Waals surface area contributed by atoms with E-state index in [0.717, 1.165) is 21.0 Å². The Labute approximate surface area is 202 Å². The van der Waals surface area contributed by atoms with Crippen LogP contribution in [0.5, 0.6) is 5.75 Å². The lowest BCUT2D eigenvalue weighted by Crippen LogP contribution is -2.43. The van der Waals surface area contributed by atoms with Gasteiger partial charge in [0.15, 0.2) is 0 Å². The summed E-state index contributed by atoms with van der Waals surface area (Å²) in [6, 6.07) is 10.7. The highest BCUT2D eigenvalue weighted by Crippen LogP contribution is 2.29. The van der Waals surface area contributed by atoms with E-state index in [-0.39, 0.29) is 19.0 Å². The molecule has 178 valence electrons. The third kappa shape index (κ3) is 4.51. The van der Waals surface area contributed by atoms with Crippen molar-refractivity contribution in [3.05, 3.63) is 86.0 Å². The predicted molar refractivity (Wildman–Crippen MR) is 129 cm³/mol. The normalized spacial score (nSPS) is 11.2. The molecule has 0 amide bonds. The van der Waals surface area contributed by atoms with Gasteiger partial charge in [-0.25, -0.2) is 14.2 Å². The van der Waals surface area contributed by atoms with E-state index in [1.807, 2.05) is 25.4 Å². The van der Waals surface area contributed by atoms with Crippen molar-refractivity contribution < 1.29 is 4.74 Å². The summed E-state index contributed by atoms with van der Waals surface area (Å²) in [4.78, 5) is 30.5. The van der Waals surface area contributed by atoms with Gasteiger partial charge in [0, 0.05) is 18.6 Å². The van der Waals surface area contributed by atoms with E-state index < -0.39 is 11.4 Å². The fourth-order valence-electron chi connectivity index (χ4n) is 3.67. The number of H-pyrrole nitrogens is 1. The first-order valence-corrected chi connectivity index (χ1v) is 10.9. The van der Waals surface area contributed by atoms with Crippen LogP contribution in [0.2, 0.25) is 5.02 Å². The van der Waals surface area contributed by atoms with Gasteiger partial charge in [-0.05, 0) is 29.8 Å². The summed E-state index contributed by atoms with van der Waals surface area (Å²) in [6.45, 7) is 0.0659. The van der Waals surface area contributed by atoms with Crippen LogP contribution >= 0.6 is 11.6 Å². The van der Waals surface area contributed by atoms with Gasteiger partial charge in [-0.3, -0.25) is 9.25 Å². The van der Waals surface area contributed by atoms with E-state index in [1.165, 1.54) is 10.8 Å². The van der Waals surface area contributed by atoms with Crippen LogP contribution in [0.3, 0.4) is 0 Å². The van der Waals surface area contributed by atoms with Crippen molar-refractivity contribution in [2.24, 2.45) is 7.05 Å². The number of hydrogen-bond acceptors (Lipinski definition) is 8. The molecule has 12 nitrogen and oxygen atoms in total. The van der Waals surface area contributed by atoms with Crippen molar-refractivity contribution in [2.45, 2.75) is 13.1 Å². The number of aromatic nitrogens is 8. The van der Waals surface area contributed by atoms with Crippen LogP contribution in [0, 0.1) is 0 Å². The van der Waals surface area contributed by atoms with E-state index in [2.05, 4.69) is 30.8 Å². The minimum Gasteiger partial charge on any atom is -0.497 e. The van der Waals surface area contributed by atoms with Crippen LogP contribution in [0.4, 0.5) is 11.6 Å². The summed E-state index contributed by atoms with van der Waals surface area (Å²) in [5, 5.41) is 18.7. The molecule has 3 aromatic heterocycles. The molecule has 3 heterocycles. The molecule has 0 atom stereocenters. The summed E-state index contributed by atoms with van der Waals surface area (Å²) in [5.74, 6) is 0.738. The van der Waals surface area contributed by atoms with Gasteiger partial charge in [-0.2, -0.15) is 25.5 Å². The molecule has 0 spiro atoms. The molecule has 35 heavy (non-hydrogen) atoms. The first-order chi connectivity index (χ1) is 16.9. The summed E-state index contributed by atoms with van der Waals surface area (Å²) in [6.07, 6.45) is 3.28. The van der Waals surface area contributed by atoms with Crippen molar-refractivity contribution in [3.8, 4) is 5.75 Å². The fraction of sp³-hybridized carbons (Fsp3) is 0.182. The molecular formula is C22H20ClN9O3. The number of nitrogens with one attached hydrogen (secondary N) is 2. The van der Waals surface area contributed by atoms with Gasteiger partial charge in [0.2, 0.25) is 5.95 Å². The molecule has 13 heteroatoms. The topological polar surface area (TPSA) is 138 Å². The van der Waals surface area contributed by atoms with Gasteiger partial charge in [-0.15, -0.1) is 0 Å². The highest BCUT2D eigenvalue weighted by molar-refractivity contribution is 6.34. The Morgan fingerprint density at radius 2 is 1.91 bits per heavy atom. The van der Waals surface area contributed by atoms with Gasteiger partial charge < -0.3 is 10.1 Å². The van der Waals surface area contributed by atoms with Crippen LogP contribution in [0.1, 0.15) is 11.3 Å². The Balaban J connectivity index is 1.60. The number of ether oxygens (including phenoxy) is 1. The van der Waals surface area contributed by atoms with Crippen LogP contribution in [0.15, 0.2) is 58.4 Å². The number of methoxy groups -OCH3 is 1. The van der Waals surface area contributed by atoms with Crippen molar-refractivity contribution in [3.63, 3.8) is 0 Å². The molecule has 2 aromatic carbocycles. The Hall–Kier alpha value is -4.45. The van der Waals surface area contributed by atoms with E-state index in [0.29, 0.717) is 22.2 Å². The van der Waals surface area contributed by atoms with E-state index in [4.69, 9.17) is 16.3 Å². The molecule has 0 aliphatic carbocycles. The average molecular weight is 494 g/mol. The first kappa shape index (κ1) is 22.3. The van der Waals surface area contributed by atoms with Crippen molar-refractivity contribution in [2.75, 3.05) is 12.4 Å². The number of aromatic amines is 1. The lowest BCUT2D eigenvalue weighted by Gasteiger charge is -2.16. The molecule has 0 fully saturated rings. The second-order valence-corrected chi connectivity index (χ2v) is 8.21. The van der Waals surface area contributed by atoms with Gasteiger partial charge in [0.1, 0.15) is 11.4 Å². The molecule has 0 saturated heterocycles. The van der Waals surface area contributed by atoms with E-state index >= 15 is 0 Å².